The Morgan fingerprint density at radius 3 is 1.83 bits per heavy atom. The molecule has 210 valence electrons. The predicted molar refractivity (Wildman–Crippen MR) is 141 cm³/mol. The smallest absolute Gasteiger partial charge is 0.320 e. The highest BCUT2D eigenvalue weighted by Gasteiger charge is 2.45. The van der Waals surface area contributed by atoms with Gasteiger partial charge in [-0.05, 0) is 78.1 Å². The summed E-state index contributed by atoms with van der Waals surface area (Å²) in [7, 11) is 1.39. The van der Waals surface area contributed by atoms with Crippen LogP contribution in [0.5, 0.6) is 0 Å². The molecule has 0 bridgehead atoms. The first-order valence-electron chi connectivity index (χ1n) is 13.6. The third-order valence-corrected chi connectivity index (χ3v) is 6.61. The van der Waals surface area contributed by atoms with Crippen molar-refractivity contribution in [1.82, 2.24) is 0 Å². The van der Waals surface area contributed by atoms with E-state index in [1.165, 1.54) is 21.0 Å². The van der Waals surface area contributed by atoms with E-state index in [2.05, 4.69) is 6.92 Å². The maximum absolute atomic E-state index is 13.4. The average molecular weight is 513 g/mol. The third-order valence-electron chi connectivity index (χ3n) is 6.61. The summed E-state index contributed by atoms with van der Waals surface area (Å²) in [5, 5.41) is 0. The van der Waals surface area contributed by atoms with E-state index in [4.69, 9.17) is 14.2 Å². The fraction of sp³-hybridized carbons (Fsp3) is 0.862. The quantitative estimate of drug-likeness (QED) is 0.0868. The van der Waals surface area contributed by atoms with E-state index in [1.54, 1.807) is 20.8 Å². The van der Waals surface area contributed by atoms with Crippen LogP contribution in [0.25, 0.3) is 0 Å². The topological polar surface area (TPSA) is 96.0 Å². The Balaban J connectivity index is 5.46. The normalized spacial score (nSPS) is 14.5. The summed E-state index contributed by atoms with van der Waals surface area (Å²) < 4.78 is 16.0. The number of hydrogen-bond acceptors (Lipinski definition) is 7. The number of unbranched alkanes of at least 4 members (excludes halogenated alkanes) is 3. The van der Waals surface area contributed by atoms with Gasteiger partial charge in [0.25, 0.3) is 0 Å². The Hall–Kier alpha value is -1.92. The lowest BCUT2D eigenvalue weighted by Gasteiger charge is -2.33. The maximum atomic E-state index is 13.4. The molecule has 0 aromatic heterocycles. The zero-order valence-corrected chi connectivity index (χ0v) is 24.4. The Bertz CT molecular complexity index is 705. The van der Waals surface area contributed by atoms with Crippen LogP contribution in [-0.2, 0) is 33.4 Å². The summed E-state index contributed by atoms with van der Waals surface area (Å²) in [6, 6.07) is 0. The molecule has 0 saturated heterocycles. The summed E-state index contributed by atoms with van der Waals surface area (Å²) >= 11 is 0. The standard InChI is InChI=1S/C29H52O7/c1-10-11-12-16-24(35-23(3)31)17-15-20-29(22(2)30,26(33)36-27(4,5)6)19-14-13-18-28(7,8)21-25(32)34-9/h24H,10-21H2,1-9H3. The molecule has 0 fully saturated rings. The van der Waals surface area contributed by atoms with E-state index in [1.807, 2.05) is 13.8 Å². The van der Waals surface area contributed by atoms with Crippen LogP contribution >= 0.6 is 0 Å². The van der Waals surface area contributed by atoms with Gasteiger partial charge >= 0.3 is 17.9 Å². The lowest BCUT2D eigenvalue weighted by molar-refractivity contribution is -0.171. The van der Waals surface area contributed by atoms with Crippen molar-refractivity contribution in [2.45, 2.75) is 144 Å². The van der Waals surface area contributed by atoms with Gasteiger partial charge in [-0.15, -0.1) is 0 Å². The van der Waals surface area contributed by atoms with Gasteiger partial charge < -0.3 is 14.2 Å². The summed E-state index contributed by atoms with van der Waals surface area (Å²) in [4.78, 5) is 49.6. The van der Waals surface area contributed by atoms with Gasteiger partial charge in [-0.1, -0.05) is 46.5 Å². The van der Waals surface area contributed by atoms with Gasteiger partial charge in [0.2, 0.25) is 0 Å². The fourth-order valence-corrected chi connectivity index (χ4v) is 4.53. The van der Waals surface area contributed by atoms with Crippen LogP contribution in [0.1, 0.15) is 132 Å². The molecule has 0 aromatic carbocycles. The van der Waals surface area contributed by atoms with Gasteiger partial charge in [-0.25, -0.2) is 0 Å². The molecule has 36 heavy (non-hydrogen) atoms. The molecular formula is C29H52O7. The van der Waals surface area contributed by atoms with Crippen LogP contribution < -0.4 is 0 Å². The van der Waals surface area contributed by atoms with Gasteiger partial charge in [-0.3, -0.25) is 19.2 Å². The average Bonchev–Trinajstić information content (AvgIpc) is 2.73. The summed E-state index contributed by atoms with van der Waals surface area (Å²) in [6.45, 7) is 14.4. The summed E-state index contributed by atoms with van der Waals surface area (Å²) in [5.74, 6) is -1.23. The van der Waals surface area contributed by atoms with Gasteiger partial charge in [0.15, 0.2) is 0 Å². The molecule has 0 aromatic rings. The number of rotatable bonds is 18. The number of methoxy groups -OCH3 is 1. The molecule has 7 nitrogen and oxygen atoms in total. The van der Waals surface area contributed by atoms with Crippen molar-refractivity contribution in [3.05, 3.63) is 0 Å². The van der Waals surface area contributed by atoms with Crippen LogP contribution in [-0.4, -0.2) is 42.5 Å². The number of ketones is 1. The Kier molecular flexibility index (Phi) is 15.2. The summed E-state index contributed by atoms with van der Waals surface area (Å²) in [6.07, 6.45) is 8.15. The second-order valence-corrected chi connectivity index (χ2v) is 11.9. The van der Waals surface area contributed by atoms with Crippen molar-refractivity contribution < 1.29 is 33.4 Å². The molecule has 0 rings (SSSR count). The minimum Gasteiger partial charge on any atom is -0.469 e. The number of Topliss-reactive ketones (excluding diaryl/α,β-unsaturated/α-hetero) is 1. The predicted octanol–water partition coefficient (Wildman–Crippen LogP) is 6.74. The maximum Gasteiger partial charge on any atom is 0.320 e. The zero-order chi connectivity index (χ0) is 28.0. The molecule has 0 aliphatic carbocycles. The Morgan fingerprint density at radius 1 is 0.778 bits per heavy atom. The van der Waals surface area contributed by atoms with E-state index >= 15 is 0 Å². The lowest BCUT2D eigenvalue weighted by Crippen LogP contribution is -2.43. The molecule has 0 heterocycles. The molecule has 0 saturated carbocycles. The molecule has 0 radical (unpaired) electrons. The highest BCUT2D eigenvalue weighted by atomic mass is 16.6. The van der Waals surface area contributed by atoms with Gasteiger partial charge in [0.05, 0.1) is 13.5 Å². The Labute approximate surface area is 219 Å². The zero-order valence-electron chi connectivity index (χ0n) is 24.4. The van der Waals surface area contributed by atoms with Crippen molar-refractivity contribution in [2.75, 3.05) is 7.11 Å². The lowest BCUT2D eigenvalue weighted by atomic mass is 9.73. The van der Waals surface area contributed by atoms with Crippen molar-refractivity contribution in [3.8, 4) is 0 Å². The molecule has 2 atom stereocenters. The van der Waals surface area contributed by atoms with E-state index < -0.39 is 17.0 Å². The van der Waals surface area contributed by atoms with Crippen LogP contribution in [0.2, 0.25) is 0 Å². The van der Waals surface area contributed by atoms with Gasteiger partial charge in [-0.2, -0.15) is 0 Å². The number of carbonyl (C=O) groups excluding carboxylic acids is 4. The molecule has 2 unspecified atom stereocenters. The first-order chi connectivity index (χ1) is 16.6. The van der Waals surface area contributed by atoms with Crippen molar-refractivity contribution in [3.63, 3.8) is 0 Å². The summed E-state index contributed by atoms with van der Waals surface area (Å²) in [5.41, 5.74) is -2.17. The van der Waals surface area contributed by atoms with E-state index in [0.717, 1.165) is 38.5 Å². The minimum atomic E-state index is -1.23. The van der Waals surface area contributed by atoms with Crippen LogP contribution in [0.15, 0.2) is 0 Å². The molecular weight excluding hydrogens is 460 g/mol. The van der Waals surface area contributed by atoms with Crippen LogP contribution in [0.4, 0.5) is 0 Å². The largest absolute Gasteiger partial charge is 0.469 e. The highest BCUT2D eigenvalue weighted by molar-refractivity contribution is 6.02. The molecule has 7 heteroatoms. The molecule has 0 aliphatic rings. The first-order valence-corrected chi connectivity index (χ1v) is 13.6. The highest BCUT2D eigenvalue weighted by Crippen LogP contribution is 2.37. The van der Waals surface area contributed by atoms with Crippen molar-refractivity contribution in [2.24, 2.45) is 10.8 Å². The van der Waals surface area contributed by atoms with Crippen LogP contribution in [0, 0.1) is 10.8 Å². The SMILES string of the molecule is CCCCCC(CCCC(CCCCC(C)(C)CC(=O)OC)(C(C)=O)C(=O)OC(C)(C)C)OC(C)=O. The monoisotopic (exact) mass is 512 g/mol. The van der Waals surface area contributed by atoms with Gasteiger partial charge in [0, 0.05) is 6.92 Å². The fourth-order valence-electron chi connectivity index (χ4n) is 4.53. The van der Waals surface area contributed by atoms with E-state index in [0.29, 0.717) is 38.5 Å². The number of carbonyl (C=O) groups is 4. The third kappa shape index (κ3) is 14.0. The molecule has 0 aliphatic heterocycles. The van der Waals surface area contributed by atoms with Crippen molar-refractivity contribution >= 4 is 23.7 Å². The second-order valence-electron chi connectivity index (χ2n) is 11.9. The molecule has 0 amide bonds. The van der Waals surface area contributed by atoms with Crippen LogP contribution in [0.3, 0.4) is 0 Å². The molecule has 0 spiro atoms. The van der Waals surface area contributed by atoms with E-state index in [9.17, 15) is 19.2 Å². The number of ether oxygens (including phenoxy) is 3. The molecule has 0 N–H and O–H groups in total. The van der Waals surface area contributed by atoms with E-state index in [-0.39, 0.29) is 29.2 Å². The number of hydrogen-bond donors (Lipinski definition) is 0. The van der Waals surface area contributed by atoms with Crippen molar-refractivity contribution in [1.29, 1.82) is 0 Å². The van der Waals surface area contributed by atoms with Gasteiger partial charge in [0.1, 0.15) is 22.9 Å². The second kappa shape index (κ2) is 16.0. The Morgan fingerprint density at radius 2 is 1.33 bits per heavy atom. The number of esters is 3. The minimum absolute atomic E-state index is 0.194. The first kappa shape index (κ1) is 34.1.